The van der Waals surface area contributed by atoms with Crippen molar-refractivity contribution in [3.63, 3.8) is 0 Å². The summed E-state index contributed by atoms with van der Waals surface area (Å²) in [6, 6.07) is 55.6. The molecule has 0 saturated heterocycles. The number of hydrogen-bond donors (Lipinski definition) is 0. The van der Waals surface area contributed by atoms with Crippen molar-refractivity contribution < 1.29 is 0 Å². The highest BCUT2D eigenvalue weighted by molar-refractivity contribution is 6.21. The normalized spacial score (nSPS) is 18.6. The fourth-order valence-corrected chi connectivity index (χ4v) is 7.98. The molecule has 0 aromatic heterocycles. The van der Waals surface area contributed by atoms with Crippen molar-refractivity contribution in [2.24, 2.45) is 10.4 Å². The molecule has 0 amide bonds. The van der Waals surface area contributed by atoms with Crippen LogP contribution in [0.3, 0.4) is 0 Å². The summed E-state index contributed by atoms with van der Waals surface area (Å²) in [6.07, 6.45) is 2.25. The summed E-state index contributed by atoms with van der Waals surface area (Å²) < 4.78 is 0. The van der Waals surface area contributed by atoms with Gasteiger partial charge < -0.3 is 0 Å². The molecule has 0 radical (unpaired) electrons. The van der Waals surface area contributed by atoms with Gasteiger partial charge in [0.1, 0.15) is 0 Å². The Hall–Kier alpha value is -5.27. The van der Waals surface area contributed by atoms with Crippen molar-refractivity contribution in [3.8, 4) is 33.4 Å². The van der Waals surface area contributed by atoms with Crippen LogP contribution in [0.25, 0.3) is 54.9 Å². The summed E-state index contributed by atoms with van der Waals surface area (Å²) in [5, 5.41) is 5.14. The van der Waals surface area contributed by atoms with Crippen LogP contribution in [0.5, 0.6) is 0 Å². The molecule has 0 bridgehead atoms. The van der Waals surface area contributed by atoms with E-state index in [0.717, 1.165) is 12.1 Å². The summed E-state index contributed by atoms with van der Waals surface area (Å²) in [5.74, 6) is 0.566. The molecule has 2 atom stereocenters. The van der Waals surface area contributed by atoms with Gasteiger partial charge in [0.25, 0.3) is 0 Å². The van der Waals surface area contributed by atoms with E-state index in [-0.39, 0.29) is 5.41 Å². The zero-order valence-electron chi connectivity index (χ0n) is 25.4. The maximum absolute atomic E-state index is 5.13. The molecule has 1 aliphatic heterocycles. The number of hydrogen-bond acceptors (Lipinski definition) is 1. The highest BCUT2D eigenvalue weighted by Gasteiger charge is 2.57. The summed E-state index contributed by atoms with van der Waals surface area (Å²) in [6.45, 7) is 2.23. The molecule has 7 aromatic carbocycles. The highest BCUT2D eigenvalue weighted by atomic mass is 14.8. The minimum absolute atomic E-state index is 0.171. The number of aliphatic imine (C=N–C) groups is 1. The Bertz CT molecular complexity index is 2200. The third-order valence-electron chi connectivity index (χ3n) is 10.4. The quantitative estimate of drug-likeness (QED) is 0.185. The monoisotopic (exact) mass is 575 g/mol. The predicted octanol–water partition coefficient (Wildman–Crippen LogP) is 11.8. The van der Waals surface area contributed by atoms with Crippen molar-refractivity contribution in [2.75, 3.05) is 0 Å². The first kappa shape index (κ1) is 26.2. The lowest BCUT2D eigenvalue weighted by atomic mass is 9.83. The molecule has 2 aliphatic rings. The summed E-state index contributed by atoms with van der Waals surface area (Å²) in [7, 11) is 0. The van der Waals surface area contributed by atoms with Crippen molar-refractivity contribution >= 4 is 32.9 Å². The number of fused-ring (bicyclic) bond motifs is 3. The van der Waals surface area contributed by atoms with E-state index in [9.17, 15) is 0 Å². The Kier molecular flexibility index (Phi) is 5.90. The minimum Gasteiger partial charge on any atom is -0.257 e. The Labute approximate surface area is 264 Å². The number of nitrogens with zero attached hydrogens (tertiary/aromatic N) is 1. The molecule has 1 aliphatic carbocycles. The summed E-state index contributed by atoms with van der Waals surface area (Å²) in [4.78, 5) is 5.13. The largest absolute Gasteiger partial charge is 0.257 e. The van der Waals surface area contributed by atoms with E-state index in [1.54, 1.807) is 0 Å². The van der Waals surface area contributed by atoms with E-state index < -0.39 is 0 Å². The summed E-state index contributed by atoms with van der Waals surface area (Å²) in [5.41, 5.74) is 13.0. The van der Waals surface area contributed by atoms with Crippen LogP contribution >= 0.6 is 0 Å². The van der Waals surface area contributed by atoms with Gasteiger partial charge in [-0.05, 0) is 104 Å². The molecule has 1 heteroatoms. The topological polar surface area (TPSA) is 12.4 Å². The van der Waals surface area contributed by atoms with Gasteiger partial charge >= 0.3 is 0 Å². The molecule has 1 heterocycles. The minimum atomic E-state index is 0.171. The maximum atomic E-state index is 5.13. The van der Waals surface area contributed by atoms with Crippen LogP contribution in [0.2, 0.25) is 0 Å². The van der Waals surface area contributed by atoms with Gasteiger partial charge in [0, 0.05) is 11.1 Å². The fourth-order valence-electron chi connectivity index (χ4n) is 7.98. The molecule has 45 heavy (non-hydrogen) atoms. The lowest BCUT2D eigenvalue weighted by molar-refractivity contribution is 0.651. The Balaban J connectivity index is 1.11. The third-order valence-corrected chi connectivity index (χ3v) is 10.4. The van der Waals surface area contributed by atoms with E-state index in [1.807, 2.05) is 0 Å². The van der Waals surface area contributed by atoms with Crippen molar-refractivity contribution in [1.82, 2.24) is 0 Å². The zero-order chi connectivity index (χ0) is 30.0. The molecule has 1 fully saturated rings. The van der Waals surface area contributed by atoms with Crippen molar-refractivity contribution in [1.29, 1.82) is 0 Å². The van der Waals surface area contributed by atoms with Crippen molar-refractivity contribution in [3.05, 3.63) is 163 Å². The molecule has 0 N–H and O–H groups in total. The molecule has 214 valence electrons. The smallest absolute Gasteiger partial charge is 0.0661 e. The van der Waals surface area contributed by atoms with Gasteiger partial charge in [-0.25, -0.2) is 0 Å². The van der Waals surface area contributed by atoms with Crippen LogP contribution in [0, 0.1) is 5.41 Å². The van der Waals surface area contributed by atoms with Gasteiger partial charge in [-0.2, -0.15) is 0 Å². The second kappa shape index (κ2) is 10.1. The zero-order valence-corrected chi connectivity index (χ0v) is 25.4. The molecule has 1 nitrogen and oxygen atoms in total. The molecule has 9 rings (SSSR count). The first-order valence-electron chi connectivity index (χ1n) is 16.0. The number of benzene rings is 7. The number of rotatable bonds is 4. The van der Waals surface area contributed by atoms with Gasteiger partial charge in [0.05, 0.1) is 5.69 Å². The first-order valence-corrected chi connectivity index (χ1v) is 16.0. The van der Waals surface area contributed by atoms with Gasteiger partial charge in [0.15, 0.2) is 0 Å². The lowest BCUT2D eigenvalue weighted by Crippen LogP contribution is -2.21. The van der Waals surface area contributed by atoms with Crippen LogP contribution in [0.4, 0.5) is 5.69 Å². The second-order valence-electron chi connectivity index (χ2n) is 12.8. The Morgan fingerprint density at radius 2 is 1.00 bits per heavy atom. The molecular weight excluding hydrogens is 542 g/mol. The molecule has 1 spiro atoms. The van der Waals surface area contributed by atoms with Gasteiger partial charge in [-0.3, -0.25) is 4.99 Å². The molecule has 1 saturated carbocycles. The summed E-state index contributed by atoms with van der Waals surface area (Å²) >= 11 is 0. The van der Waals surface area contributed by atoms with E-state index >= 15 is 0 Å². The highest BCUT2D eigenvalue weighted by Crippen LogP contribution is 2.64. The van der Waals surface area contributed by atoms with Crippen LogP contribution < -0.4 is 0 Å². The maximum Gasteiger partial charge on any atom is 0.0661 e. The van der Waals surface area contributed by atoms with Crippen LogP contribution in [0.15, 0.2) is 157 Å². The SMILES string of the molecule is CC1=Nc2ccc(-c3ccc(-c4c5ccccc5c(-c5ccccc5)c5ccccc45)cc3)cc2CC12CC2c1ccccc1. The molecule has 2 unspecified atom stereocenters. The predicted molar refractivity (Wildman–Crippen MR) is 190 cm³/mol. The van der Waals surface area contributed by atoms with E-state index in [4.69, 9.17) is 4.99 Å². The molecule has 7 aromatic rings. The second-order valence-corrected chi connectivity index (χ2v) is 12.8. The van der Waals surface area contributed by atoms with E-state index in [1.165, 1.54) is 78.2 Å². The Morgan fingerprint density at radius 3 is 1.60 bits per heavy atom. The van der Waals surface area contributed by atoms with Crippen LogP contribution in [0.1, 0.15) is 30.4 Å². The van der Waals surface area contributed by atoms with Gasteiger partial charge in [-0.15, -0.1) is 0 Å². The van der Waals surface area contributed by atoms with Gasteiger partial charge in [0.2, 0.25) is 0 Å². The van der Waals surface area contributed by atoms with Crippen LogP contribution in [-0.2, 0) is 6.42 Å². The molecular formula is C44H33N. The van der Waals surface area contributed by atoms with E-state index in [0.29, 0.717) is 5.92 Å². The standard InChI is InChI=1S/C44H33N/c1-29-44(28-40(44)31-12-4-2-5-13-31)27-35-26-34(24-25-41(35)45-29)30-20-22-33(23-21-30)43-38-18-10-8-16-36(38)42(32-14-6-3-7-15-32)37-17-9-11-19-39(37)43/h2-26,40H,27-28H2,1H3. The van der Waals surface area contributed by atoms with Crippen molar-refractivity contribution in [2.45, 2.75) is 25.7 Å². The lowest BCUT2D eigenvalue weighted by Gasteiger charge is -2.25. The fraction of sp³-hybridized carbons (Fsp3) is 0.114. The average Bonchev–Trinajstić information content (AvgIpc) is 3.83. The Morgan fingerprint density at radius 1 is 0.511 bits per heavy atom. The first-order chi connectivity index (χ1) is 22.2. The van der Waals surface area contributed by atoms with E-state index in [2.05, 4.69) is 159 Å². The third kappa shape index (κ3) is 4.19. The average molecular weight is 576 g/mol. The van der Waals surface area contributed by atoms with Gasteiger partial charge in [-0.1, -0.05) is 140 Å². The van der Waals surface area contributed by atoms with Crippen LogP contribution in [-0.4, -0.2) is 5.71 Å².